The largest absolute Gasteiger partial charge is 0.504 e. The maximum absolute atomic E-state index is 12.6. The molecule has 6 nitrogen and oxygen atoms in total. The molecule has 0 aliphatic carbocycles. The Bertz CT molecular complexity index is 969. The molecule has 1 N–H and O–H groups in total. The summed E-state index contributed by atoms with van der Waals surface area (Å²) in [6.45, 7) is 2.98. The molecule has 0 radical (unpaired) electrons. The zero-order valence-corrected chi connectivity index (χ0v) is 17.5. The SMILES string of the molecule is CCOc1ccc(-c2nc(CC(=O)N(C)Cc3ccc(OC)c(O)c3)cs2)cc1. The number of aromatic hydroxyl groups is 1. The highest BCUT2D eigenvalue weighted by Gasteiger charge is 2.14. The van der Waals surface area contributed by atoms with Crippen molar-refractivity contribution < 1.29 is 19.4 Å². The quantitative estimate of drug-likeness (QED) is 0.602. The summed E-state index contributed by atoms with van der Waals surface area (Å²) in [4.78, 5) is 18.8. The molecular weight excluding hydrogens is 388 g/mol. The fourth-order valence-electron chi connectivity index (χ4n) is 2.87. The number of likely N-dealkylation sites (N-methyl/N-ethyl adjacent to an activating group) is 1. The van der Waals surface area contributed by atoms with E-state index >= 15 is 0 Å². The number of amides is 1. The third kappa shape index (κ3) is 5.26. The van der Waals surface area contributed by atoms with E-state index in [1.54, 1.807) is 24.1 Å². The molecule has 3 rings (SSSR count). The van der Waals surface area contributed by atoms with Gasteiger partial charge >= 0.3 is 0 Å². The van der Waals surface area contributed by atoms with Crippen LogP contribution in [0.1, 0.15) is 18.2 Å². The summed E-state index contributed by atoms with van der Waals surface area (Å²) in [5.41, 5.74) is 2.57. The second-order valence-electron chi connectivity index (χ2n) is 6.53. The van der Waals surface area contributed by atoms with E-state index in [9.17, 15) is 9.90 Å². The maximum atomic E-state index is 12.6. The average Bonchev–Trinajstić information content (AvgIpc) is 3.17. The lowest BCUT2D eigenvalue weighted by atomic mass is 10.2. The minimum atomic E-state index is -0.0381. The molecule has 7 heteroatoms. The molecule has 1 aromatic heterocycles. The number of hydrogen-bond acceptors (Lipinski definition) is 6. The lowest BCUT2D eigenvalue weighted by molar-refractivity contribution is -0.129. The number of thiazole rings is 1. The van der Waals surface area contributed by atoms with E-state index in [1.807, 2.05) is 42.6 Å². The van der Waals surface area contributed by atoms with Crippen molar-refractivity contribution in [1.82, 2.24) is 9.88 Å². The number of aromatic nitrogens is 1. The van der Waals surface area contributed by atoms with Gasteiger partial charge in [0.2, 0.25) is 5.91 Å². The summed E-state index contributed by atoms with van der Waals surface area (Å²) < 4.78 is 10.5. The van der Waals surface area contributed by atoms with E-state index in [2.05, 4.69) is 4.98 Å². The number of carbonyl (C=O) groups is 1. The number of rotatable bonds is 8. The fourth-order valence-corrected chi connectivity index (χ4v) is 3.69. The van der Waals surface area contributed by atoms with Gasteiger partial charge in [0, 0.05) is 24.5 Å². The first-order chi connectivity index (χ1) is 14.0. The Morgan fingerprint density at radius 2 is 1.97 bits per heavy atom. The summed E-state index contributed by atoms with van der Waals surface area (Å²) in [7, 11) is 3.24. The summed E-state index contributed by atoms with van der Waals surface area (Å²) in [5.74, 6) is 1.26. The van der Waals surface area contributed by atoms with Gasteiger partial charge in [0.05, 0.1) is 25.8 Å². The van der Waals surface area contributed by atoms with E-state index in [0.717, 1.165) is 27.6 Å². The molecule has 29 heavy (non-hydrogen) atoms. The molecule has 1 heterocycles. The molecule has 0 fully saturated rings. The van der Waals surface area contributed by atoms with Crippen LogP contribution in [0.2, 0.25) is 0 Å². The zero-order valence-electron chi connectivity index (χ0n) is 16.7. The van der Waals surface area contributed by atoms with Crippen LogP contribution in [0.5, 0.6) is 17.2 Å². The first kappa shape index (κ1) is 20.7. The first-order valence-electron chi connectivity index (χ1n) is 9.27. The zero-order chi connectivity index (χ0) is 20.8. The third-order valence-corrected chi connectivity index (χ3v) is 5.33. The van der Waals surface area contributed by atoms with Crippen LogP contribution in [-0.4, -0.2) is 41.7 Å². The molecule has 0 aliphatic rings. The second-order valence-corrected chi connectivity index (χ2v) is 7.39. The van der Waals surface area contributed by atoms with Crippen molar-refractivity contribution >= 4 is 17.2 Å². The number of hydrogen-bond donors (Lipinski definition) is 1. The number of nitrogens with zero attached hydrogens (tertiary/aromatic N) is 2. The van der Waals surface area contributed by atoms with Crippen molar-refractivity contribution in [2.45, 2.75) is 19.9 Å². The van der Waals surface area contributed by atoms with Gasteiger partial charge < -0.3 is 19.5 Å². The Kier molecular flexibility index (Phi) is 6.72. The van der Waals surface area contributed by atoms with E-state index in [1.165, 1.54) is 18.4 Å². The Hall–Kier alpha value is -3.06. The third-order valence-electron chi connectivity index (χ3n) is 4.39. The molecule has 0 atom stereocenters. The number of methoxy groups -OCH3 is 1. The molecule has 3 aromatic rings. The van der Waals surface area contributed by atoms with Gasteiger partial charge in [0.25, 0.3) is 0 Å². The van der Waals surface area contributed by atoms with E-state index in [-0.39, 0.29) is 18.1 Å². The van der Waals surface area contributed by atoms with Gasteiger partial charge in [0.1, 0.15) is 10.8 Å². The molecule has 0 saturated heterocycles. The first-order valence-corrected chi connectivity index (χ1v) is 10.2. The predicted octanol–water partition coefficient (Wildman–Crippen LogP) is 4.12. The van der Waals surface area contributed by atoms with Crippen LogP contribution < -0.4 is 9.47 Å². The van der Waals surface area contributed by atoms with Crippen LogP contribution in [0.3, 0.4) is 0 Å². The van der Waals surface area contributed by atoms with Gasteiger partial charge in [-0.3, -0.25) is 4.79 Å². The maximum Gasteiger partial charge on any atom is 0.228 e. The number of carbonyl (C=O) groups excluding carboxylic acids is 1. The van der Waals surface area contributed by atoms with Crippen molar-refractivity contribution in [1.29, 1.82) is 0 Å². The minimum Gasteiger partial charge on any atom is -0.504 e. The molecule has 1 amide bonds. The van der Waals surface area contributed by atoms with Crippen LogP contribution in [0.15, 0.2) is 47.8 Å². The number of phenols is 1. The van der Waals surface area contributed by atoms with E-state index in [0.29, 0.717) is 18.9 Å². The minimum absolute atomic E-state index is 0.0381. The van der Waals surface area contributed by atoms with Crippen LogP contribution in [0.4, 0.5) is 0 Å². The monoisotopic (exact) mass is 412 g/mol. The van der Waals surface area contributed by atoms with Crippen molar-refractivity contribution in [2.24, 2.45) is 0 Å². The van der Waals surface area contributed by atoms with Gasteiger partial charge in [-0.05, 0) is 48.9 Å². The molecule has 0 saturated carbocycles. The fraction of sp³-hybridized carbons (Fsp3) is 0.273. The molecule has 0 unspecified atom stereocenters. The highest BCUT2D eigenvalue weighted by molar-refractivity contribution is 7.13. The van der Waals surface area contributed by atoms with Crippen LogP contribution in [0.25, 0.3) is 10.6 Å². The standard InChI is InChI=1S/C22H24N2O4S/c1-4-28-18-8-6-16(7-9-18)22-23-17(14-29-22)12-21(26)24(2)13-15-5-10-20(27-3)19(25)11-15/h5-11,14,25H,4,12-13H2,1-3H3. The van der Waals surface area contributed by atoms with Crippen molar-refractivity contribution in [3.8, 4) is 27.8 Å². The molecule has 0 aliphatic heterocycles. The van der Waals surface area contributed by atoms with Crippen LogP contribution in [0, 0.1) is 0 Å². The van der Waals surface area contributed by atoms with Gasteiger partial charge in [-0.15, -0.1) is 11.3 Å². The summed E-state index contributed by atoms with van der Waals surface area (Å²) in [5, 5.41) is 12.7. The average molecular weight is 413 g/mol. The van der Waals surface area contributed by atoms with E-state index in [4.69, 9.17) is 9.47 Å². The van der Waals surface area contributed by atoms with Gasteiger partial charge in [-0.1, -0.05) is 6.07 Å². The molecule has 2 aromatic carbocycles. The normalized spacial score (nSPS) is 10.6. The lowest BCUT2D eigenvalue weighted by Crippen LogP contribution is -2.27. The van der Waals surface area contributed by atoms with Crippen LogP contribution in [-0.2, 0) is 17.8 Å². The van der Waals surface area contributed by atoms with Crippen LogP contribution >= 0.6 is 11.3 Å². The molecule has 152 valence electrons. The van der Waals surface area contributed by atoms with Crippen molar-refractivity contribution in [3.63, 3.8) is 0 Å². The highest BCUT2D eigenvalue weighted by atomic mass is 32.1. The molecular formula is C22H24N2O4S. The lowest BCUT2D eigenvalue weighted by Gasteiger charge is -2.17. The summed E-state index contributed by atoms with van der Waals surface area (Å²) in [6, 6.07) is 12.9. The Balaban J connectivity index is 1.61. The van der Waals surface area contributed by atoms with Gasteiger partial charge in [-0.2, -0.15) is 0 Å². The predicted molar refractivity (Wildman–Crippen MR) is 114 cm³/mol. The van der Waals surface area contributed by atoms with E-state index < -0.39 is 0 Å². The Labute approximate surface area is 174 Å². The smallest absolute Gasteiger partial charge is 0.228 e. The highest BCUT2D eigenvalue weighted by Crippen LogP contribution is 2.28. The Morgan fingerprint density at radius 1 is 1.21 bits per heavy atom. The molecule has 0 bridgehead atoms. The summed E-state index contributed by atoms with van der Waals surface area (Å²) in [6.07, 6.45) is 0.228. The Morgan fingerprint density at radius 3 is 2.62 bits per heavy atom. The van der Waals surface area contributed by atoms with Gasteiger partial charge in [-0.25, -0.2) is 4.98 Å². The second kappa shape index (κ2) is 9.43. The summed E-state index contributed by atoms with van der Waals surface area (Å²) >= 11 is 1.52. The molecule has 0 spiro atoms. The van der Waals surface area contributed by atoms with Gasteiger partial charge in [0.15, 0.2) is 11.5 Å². The van der Waals surface area contributed by atoms with Crippen molar-refractivity contribution in [2.75, 3.05) is 20.8 Å². The number of benzene rings is 2. The van der Waals surface area contributed by atoms with Crippen molar-refractivity contribution in [3.05, 3.63) is 59.1 Å². The topological polar surface area (TPSA) is 71.9 Å². The number of phenolic OH excluding ortho intramolecular Hbond substituents is 1. The number of ether oxygens (including phenoxy) is 2.